The Morgan fingerprint density at radius 3 is 2.78 bits per heavy atom. The molecule has 3 fully saturated rings. The largest absolute Gasteiger partial charge is 0.376 e. The van der Waals surface area contributed by atoms with Gasteiger partial charge in [-0.15, -0.1) is 0 Å². The number of ether oxygens (including phenoxy) is 1. The van der Waals surface area contributed by atoms with Crippen LogP contribution in [0, 0.1) is 11.7 Å². The maximum Gasteiger partial charge on any atom is 0.225 e. The smallest absolute Gasteiger partial charge is 0.225 e. The van der Waals surface area contributed by atoms with Crippen molar-refractivity contribution in [1.82, 2.24) is 14.9 Å². The van der Waals surface area contributed by atoms with Crippen LogP contribution in [0.4, 0.5) is 10.3 Å². The average Bonchev–Trinajstić information content (AvgIpc) is 3.00. The first kappa shape index (κ1) is 14.8. The van der Waals surface area contributed by atoms with Gasteiger partial charge >= 0.3 is 0 Å². The number of rotatable bonds is 2. The summed E-state index contributed by atoms with van der Waals surface area (Å²) in [5.74, 6) is 0.678. The lowest BCUT2D eigenvalue weighted by atomic mass is 9.85. The molecule has 7 heteroatoms. The third-order valence-electron chi connectivity index (χ3n) is 5.14. The average molecular weight is 320 g/mol. The van der Waals surface area contributed by atoms with Gasteiger partial charge in [-0.25, -0.2) is 14.4 Å². The third-order valence-corrected chi connectivity index (χ3v) is 5.14. The van der Waals surface area contributed by atoms with Crippen LogP contribution in [0.15, 0.2) is 12.4 Å². The van der Waals surface area contributed by atoms with Gasteiger partial charge in [0, 0.05) is 38.6 Å². The fraction of sp³-hybridized carbons (Fsp3) is 0.688. The van der Waals surface area contributed by atoms with E-state index in [-0.39, 0.29) is 18.1 Å². The summed E-state index contributed by atoms with van der Waals surface area (Å²) in [4.78, 5) is 24.5. The second kappa shape index (κ2) is 6.03. The Morgan fingerprint density at radius 2 is 2.04 bits per heavy atom. The molecule has 4 rings (SSSR count). The number of hydrogen-bond donors (Lipinski definition) is 0. The second-order valence-electron chi connectivity index (χ2n) is 6.60. The zero-order valence-corrected chi connectivity index (χ0v) is 13.0. The molecule has 3 aliphatic heterocycles. The Hall–Kier alpha value is -1.76. The molecule has 0 saturated carbocycles. The summed E-state index contributed by atoms with van der Waals surface area (Å²) in [6, 6.07) is 0.0395. The number of amides is 1. The summed E-state index contributed by atoms with van der Waals surface area (Å²) < 4.78 is 19.1. The predicted octanol–water partition coefficient (Wildman–Crippen LogP) is 1.22. The maximum absolute atomic E-state index is 13.1. The Labute approximate surface area is 134 Å². The molecule has 0 unspecified atom stereocenters. The quantitative estimate of drug-likeness (QED) is 0.820. The van der Waals surface area contributed by atoms with Gasteiger partial charge in [0.2, 0.25) is 11.9 Å². The Morgan fingerprint density at radius 1 is 1.22 bits per heavy atom. The molecular formula is C16H21FN4O2. The van der Waals surface area contributed by atoms with Gasteiger partial charge in [0.05, 0.1) is 24.5 Å². The number of anilines is 1. The molecule has 0 aromatic carbocycles. The fourth-order valence-corrected chi connectivity index (χ4v) is 4.10. The molecule has 3 saturated heterocycles. The van der Waals surface area contributed by atoms with E-state index < -0.39 is 5.82 Å². The molecule has 0 bridgehead atoms. The summed E-state index contributed by atoms with van der Waals surface area (Å²) >= 11 is 0. The van der Waals surface area contributed by atoms with Crippen LogP contribution in [0.2, 0.25) is 0 Å². The van der Waals surface area contributed by atoms with Crippen LogP contribution in [0.1, 0.15) is 25.7 Å². The first-order valence-corrected chi connectivity index (χ1v) is 8.36. The lowest BCUT2D eigenvalue weighted by Gasteiger charge is -2.48. The van der Waals surface area contributed by atoms with Gasteiger partial charge in [0.15, 0.2) is 5.82 Å². The minimum absolute atomic E-state index is 0.0395. The molecule has 4 heterocycles. The second-order valence-corrected chi connectivity index (χ2v) is 6.60. The van der Waals surface area contributed by atoms with E-state index in [1.165, 1.54) is 12.4 Å². The molecule has 124 valence electrons. The number of halogens is 1. The summed E-state index contributed by atoms with van der Waals surface area (Å²) in [7, 11) is 0. The highest BCUT2D eigenvalue weighted by molar-refractivity contribution is 5.78. The van der Waals surface area contributed by atoms with E-state index in [9.17, 15) is 9.18 Å². The van der Waals surface area contributed by atoms with Crippen molar-refractivity contribution in [1.29, 1.82) is 0 Å². The van der Waals surface area contributed by atoms with Gasteiger partial charge < -0.3 is 14.5 Å². The molecular weight excluding hydrogens is 299 g/mol. The zero-order valence-electron chi connectivity index (χ0n) is 13.0. The number of carbonyl (C=O) groups excluding carboxylic acids is 1. The molecule has 1 aromatic heterocycles. The highest BCUT2D eigenvalue weighted by atomic mass is 19.1. The van der Waals surface area contributed by atoms with E-state index in [4.69, 9.17) is 4.74 Å². The molecule has 3 aliphatic rings. The predicted molar refractivity (Wildman–Crippen MR) is 81.4 cm³/mol. The highest BCUT2D eigenvalue weighted by Gasteiger charge is 2.44. The van der Waals surface area contributed by atoms with Gasteiger partial charge in [0.1, 0.15) is 0 Å². The van der Waals surface area contributed by atoms with Crippen LogP contribution in [-0.4, -0.2) is 59.2 Å². The summed E-state index contributed by atoms with van der Waals surface area (Å²) in [5.41, 5.74) is 0. The van der Waals surface area contributed by atoms with E-state index in [0.717, 1.165) is 39.0 Å². The fourth-order valence-electron chi connectivity index (χ4n) is 4.10. The van der Waals surface area contributed by atoms with Crippen LogP contribution in [0.5, 0.6) is 0 Å². The van der Waals surface area contributed by atoms with Crippen LogP contribution in [-0.2, 0) is 9.53 Å². The van der Waals surface area contributed by atoms with Crippen molar-refractivity contribution in [2.24, 2.45) is 5.92 Å². The molecule has 0 aliphatic carbocycles. The lowest BCUT2D eigenvalue weighted by molar-refractivity contribution is -0.137. The molecule has 1 amide bonds. The van der Waals surface area contributed by atoms with Gasteiger partial charge in [-0.1, -0.05) is 0 Å². The molecule has 0 spiro atoms. The summed E-state index contributed by atoms with van der Waals surface area (Å²) in [6.07, 6.45) is 6.16. The van der Waals surface area contributed by atoms with Crippen molar-refractivity contribution < 1.29 is 13.9 Å². The number of nitrogens with zero attached hydrogens (tertiary/aromatic N) is 4. The van der Waals surface area contributed by atoms with E-state index in [0.29, 0.717) is 24.8 Å². The van der Waals surface area contributed by atoms with E-state index in [1.54, 1.807) is 0 Å². The van der Waals surface area contributed by atoms with Crippen LogP contribution < -0.4 is 4.90 Å². The molecule has 6 nitrogen and oxygen atoms in total. The first-order chi connectivity index (χ1) is 11.2. The van der Waals surface area contributed by atoms with Crippen LogP contribution >= 0.6 is 0 Å². The minimum atomic E-state index is -0.434. The van der Waals surface area contributed by atoms with Crippen molar-refractivity contribution in [2.75, 3.05) is 31.1 Å². The Bertz CT molecular complexity index is 582. The lowest BCUT2D eigenvalue weighted by Crippen LogP contribution is -2.61. The number of piperidine rings is 1. The zero-order chi connectivity index (χ0) is 15.8. The number of likely N-dealkylation sites (tertiary alicyclic amines) is 1. The van der Waals surface area contributed by atoms with Crippen LogP contribution in [0.3, 0.4) is 0 Å². The molecule has 23 heavy (non-hydrogen) atoms. The van der Waals surface area contributed by atoms with Crippen molar-refractivity contribution in [3.63, 3.8) is 0 Å². The van der Waals surface area contributed by atoms with E-state index in [2.05, 4.69) is 14.9 Å². The van der Waals surface area contributed by atoms with Gasteiger partial charge in [-0.2, -0.15) is 0 Å². The molecule has 0 N–H and O–H groups in total. The molecule has 1 aromatic rings. The van der Waals surface area contributed by atoms with E-state index >= 15 is 0 Å². The highest BCUT2D eigenvalue weighted by Crippen LogP contribution is 2.33. The summed E-state index contributed by atoms with van der Waals surface area (Å²) in [5, 5.41) is 0. The molecule has 3 atom stereocenters. The number of hydrogen-bond acceptors (Lipinski definition) is 5. The topological polar surface area (TPSA) is 58.6 Å². The standard InChI is InChI=1S/C16H21FN4O2/c17-12-7-18-16(19-8-12)20-9-11-3-2-6-23-15(11)13(10-20)21-5-1-4-14(21)22/h7-8,11,13,15H,1-6,9-10H2/t11-,13+,15-/m0/s1. The number of carbonyl (C=O) groups is 1. The van der Waals surface area contributed by atoms with Gasteiger partial charge in [-0.05, 0) is 19.3 Å². The SMILES string of the molecule is O=C1CCCN1[C@@H]1CN(c2ncc(F)cn2)C[C@@H]2CCCO[C@@H]21. The minimum Gasteiger partial charge on any atom is -0.376 e. The maximum atomic E-state index is 13.1. The number of fused-ring (bicyclic) bond motifs is 1. The van der Waals surface area contributed by atoms with Crippen molar-refractivity contribution in [2.45, 2.75) is 37.8 Å². The third kappa shape index (κ3) is 2.78. The monoisotopic (exact) mass is 320 g/mol. The van der Waals surface area contributed by atoms with Gasteiger partial charge in [-0.3, -0.25) is 4.79 Å². The van der Waals surface area contributed by atoms with Crippen LogP contribution in [0.25, 0.3) is 0 Å². The van der Waals surface area contributed by atoms with E-state index in [1.807, 2.05) is 4.90 Å². The van der Waals surface area contributed by atoms with Crippen molar-refractivity contribution in [3.8, 4) is 0 Å². The first-order valence-electron chi connectivity index (χ1n) is 8.36. The van der Waals surface area contributed by atoms with Crippen molar-refractivity contribution >= 4 is 11.9 Å². The van der Waals surface area contributed by atoms with Gasteiger partial charge in [0.25, 0.3) is 0 Å². The Kier molecular flexibility index (Phi) is 3.88. The van der Waals surface area contributed by atoms with Crippen molar-refractivity contribution in [3.05, 3.63) is 18.2 Å². The number of aromatic nitrogens is 2. The Balaban J connectivity index is 1.60. The molecule has 0 radical (unpaired) electrons. The normalized spacial score (nSPS) is 31.3. The summed E-state index contributed by atoms with van der Waals surface area (Å²) in [6.45, 7) is 3.02.